The van der Waals surface area contributed by atoms with Crippen molar-refractivity contribution in [2.45, 2.75) is 6.92 Å². The van der Waals surface area contributed by atoms with E-state index in [9.17, 15) is 14.4 Å². The second-order valence-electron chi connectivity index (χ2n) is 7.94. The first-order valence-corrected chi connectivity index (χ1v) is 10.8. The quantitative estimate of drug-likeness (QED) is 0.413. The maximum absolute atomic E-state index is 13.6. The highest BCUT2D eigenvalue weighted by Gasteiger charge is 2.40. The van der Waals surface area contributed by atoms with Crippen molar-refractivity contribution >= 4 is 51.1 Å². The number of nitrogens with zero attached hydrogens (tertiary/aromatic N) is 1. The summed E-state index contributed by atoms with van der Waals surface area (Å²) < 4.78 is 0. The Labute approximate surface area is 196 Å². The topological polar surface area (TPSA) is 78.5 Å². The molecule has 4 aromatic rings. The van der Waals surface area contributed by atoms with Crippen molar-refractivity contribution in [3.63, 3.8) is 0 Å². The van der Waals surface area contributed by atoms with E-state index in [-0.39, 0.29) is 17.2 Å². The Balaban J connectivity index is 1.62. The average molecular weight is 447 g/mol. The van der Waals surface area contributed by atoms with Gasteiger partial charge in [0.1, 0.15) is 5.70 Å². The molecule has 6 heteroatoms. The summed E-state index contributed by atoms with van der Waals surface area (Å²) in [5, 5.41) is 7.93. The number of hydrogen-bond acceptors (Lipinski definition) is 4. The minimum Gasteiger partial charge on any atom is -0.350 e. The lowest BCUT2D eigenvalue weighted by Gasteiger charge is -2.15. The van der Waals surface area contributed by atoms with E-state index in [1.807, 2.05) is 48.5 Å². The number of rotatable bonds is 5. The molecule has 1 aliphatic rings. The highest BCUT2D eigenvalue weighted by Crippen LogP contribution is 2.35. The third-order valence-corrected chi connectivity index (χ3v) is 5.64. The zero-order chi connectivity index (χ0) is 23.7. The molecule has 0 saturated heterocycles. The number of hydrogen-bond donors (Lipinski definition) is 2. The number of imide groups is 1. The lowest BCUT2D eigenvalue weighted by atomic mass is 10.0. The number of benzene rings is 4. The fourth-order valence-electron chi connectivity index (χ4n) is 4.12. The van der Waals surface area contributed by atoms with Crippen LogP contribution in [0.25, 0.3) is 16.3 Å². The Kier molecular flexibility index (Phi) is 5.40. The van der Waals surface area contributed by atoms with Crippen LogP contribution in [0.15, 0.2) is 103 Å². The van der Waals surface area contributed by atoms with Crippen molar-refractivity contribution in [3.05, 3.63) is 108 Å². The second-order valence-corrected chi connectivity index (χ2v) is 7.94. The van der Waals surface area contributed by atoms with Crippen LogP contribution < -0.4 is 15.5 Å². The van der Waals surface area contributed by atoms with E-state index in [1.54, 1.807) is 48.5 Å². The van der Waals surface area contributed by atoms with Gasteiger partial charge < -0.3 is 10.6 Å². The molecule has 5 rings (SSSR count). The molecule has 0 aromatic heterocycles. The van der Waals surface area contributed by atoms with E-state index >= 15 is 0 Å². The second kappa shape index (κ2) is 8.67. The van der Waals surface area contributed by atoms with Gasteiger partial charge in [-0.15, -0.1) is 0 Å². The normalized spacial score (nSPS) is 13.5. The lowest BCUT2D eigenvalue weighted by Crippen LogP contribution is -2.32. The molecular weight excluding hydrogens is 426 g/mol. The van der Waals surface area contributed by atoms with Crippen molar-refractivity contribution in [2.24, 2.45) is 0 Å². The average Bonchev–Trinajstić information content (AvgIpc) is 3.09. The molecule has 166 valence electrons. The van der Waals surface area contributed by atoms with Gasteiger partial charge in [-0.1, -0.05) is 66.7 Å². The molecular formula is C28H21N3O3. The van der Waals surface area contributed by atoms with Gasteiger partial charge in [0.05, 0.1) is 11.3 Å². The van der Waals surface area contributed by atoms with Crippen LogP contribution in [0.4, 0.5) is 17.1 Å². The van der Waals surface area contributed by atoms with Crippen LogP contribution in [-0.4, -0.2) is 17.7 Å². The van der Waals surface area contributed by atoms with Gasteiger partial charge in [0.2, 0.25) is 5.91 Å². The third kappa shape index (κ3) is 3.82. The van der Waals surface area contributed by atoms with Gasteiger partial charge in [-0.3, -0.25) is 14.4 Å². The van der Waals surface area contributed by atoms with Gasteiger partial charge in [0.15, 0.2) is 0 Å². The van der Waals surface area contributed by atoms with E-state index in [4.69, 9.17) is 0 Å². The third-order valence-electron chi connectivity index (χ3n) is 5.64. The smallest absolute Gasteiger partial charge is 0.282 e. The van der Waals surface area contributed by atoms with Crippen molar-refractivity contribution in [3.8, 4) is 0 Å². The summed E-state index contributed by atoms with van der Waals surface area (Å²) in [6.07, 6.45) is 0. The zero-order valence-corrected chi connectivity index (χ0v) is 18.4. The van der Waals surface area contributed by atoms with Crippen molar-refractivity contribution in [1.82, 2.24) is 0 Å². The number of carbonyl (C=O) groups is 3. The number of anilines is 3. The Morgan fingerprint density at radius 3 is 2.15 bits per heavy atom. The molecule has 3 amide bonds. The van der Waals surface area contributed by atoms with E-state index in [0.717, 1.165) is 16.5 Å². The summed E-state index contributed by atoms with van der Waals surface area (Å²) in [7, 11) is 0. The van der Waals surface area contributed by atoms with Crippen molar-refractivity contribution in [2.75, 3.05) is 15.5 Å². The standard InChI is InChI=1S/C28H21N3O3/c1-18(32)29-21-16-14-20(15-17-21)25-26(28(34)31(27(25)33)22-10-3-2-4-11-22)30-24-13-7-9-19-8-5-6-12-23(19)24/h2-17,30H,1H3,(H,29,32). The highest BCUT2D eigenvalue weighted by atomic mass is 16.2. The number of amides is 3. The largest absolute Gasteiger partial charge is 0.350 e. The predicted molar refractivity (Wildman–Crippen MR) is 134 cm³/mol. The molecule has 34 heavy (non-hydrogen) atoms. The van der Waals surface area contributed by atoms with Gasteiger partial charge in [0.25, 0.3) is 11.8 Å². The number of fused-ring (bicyclic) bond motifs is 1. The van der Waals surface area contributed by atoms with Crippen molar-refractivity contribution in [1.29, 1.82) is 0 Å². The first-order valence-electron chi connectivity index (χ1n) is 10.8. The Morgan fingerprint density at radius 2 is 1.41 bits per heavy atom. The molecule has 0 saturated carbocycles. The van der Waals surface area contributed by atoms with Gasteiger partial charge in [-0.05, 0) is 41.3 Å². The number of para-hydroxylation sites is 1. The molecule has 2 N–H and O–H groups in total. The van der Waals surface area contributed by atoms with Gasteiger partial charge in [-0.2, -0.15) is 0 Å². The summed E-state index contributed by atoms with van der Waals surface area (Å²) >= 11 is 0. The van der Waals surface area contributed by atoms with Crippen LogP contribution in [0.5, 0.6) is 0 Å². The molecule has 0 spiro atoms. The molecule has 6 nitrogen and oxygen atoms in total. The van der Waals surface area contributed by atoms with Crippen LogP contribution in [0.2, 0.25) is 0 Å². The molecule has 0 bridgehead atoms. The monoisotopic (exact) mass is 447 g/mol. The first-order chi connectivity index (χ1) is 16.5. The van der Waals surface area contributed by atoms with E-state index in [1.165, 1.54) is 11.8 Å². The first kappa shape index (κ1) is 21.2. The number of carbonyl (C=O) groups excluding carboxylic acids is 3. The molecule has 4 aromatic carbocycles. The molecule has 0 atom stereocenters. The molecule has 0 unspecified atom stereocenters. The minimum atomic E-state index is -0.426. The van der Waals surface area contributed by atoms with Gasteiger partial charge in [-0.25, -0.2) is 4.90 Å². The maximum Gasteiger partial charge on any atom is 0.282 e. The van der Waals surface area contributed by atoms with Crippen LogP contribution in [0, 0.1) is 0 Å². The molecule has 0 aliphatic carbocycles. The van der Waals surface area contributed by atoms with Crippen LogP contribution in [0.1, 0.15) is 12.5 Å². The van der Waals surface area contributed by atoms with Gasteiger partial charge in [0, 0.05) is 23.7 Å². The maximum atomic E-state index is 13.6. The molecule has 0 fully saturated rings. The summed E-state index contributed by atoms with van der Waals surface area (Å²) in [4.78, 5) is 39.7. The highest BCUT2D eigenvalue weighted by molar-refractivity contribution is 6.46. The van der Waals surface area contributed by atoms with E-state index in [0.29, 0.717) is 16.9 Å². The Morgan fingerprint density at radius 1 is 0.735 bits per heavy atom. The van der Waals surface area contributed by atoms with E-state index in [2.05, 4.69) is 10.6 Å². The van der Waals surface area contributed by atoms with Gasteiger partial charge >= 0.3 is 0 Å². The number of nitrogens with one attached hydrogen (secondary N) is 2. The molecule has 1 aliphatic heterocycles. The van der Waals surface area contributed by atoms with Crippen molar-refractivity contribution < 1.29 is 14.4 Å². The molecule has 0 radical (unpaired) electrons. The molecule has 1 heterocycles. The SMILES string of the molecule is CC(=O)Nc1ccc(C2=C(Nc3cccc4ccccc34)C(=O)N(c3ccccc3)C2=O)cc1. The van der Waals surface area contributed by atoms with E-state index < -0.39 is 11.8 Å². The lowest BCUT2D eigenvalue weighted by molar-refractivity contribution is -0.120. The minimum absolute atomic E-state index is 0.187. The summed E-state index contributed by atoms with van der Waals surface area (Å²) in [5.74, 6) is -1.02. The van der Waals surface area contributed by atoms with Crippen LogP contribution in [0.3, 0.4) is 0 Å². The fraction of sp³-hybridized carbons (Fsp3) is 0.0357. The van der Waals surface area contributed by atoms with Crippen LogP contribution in [-0.2, 0) is 14.4 Å². The summed E-state index contributed by atoms with van der Waals surface area (Å²) in [6, 6.07) is 29.4. The Hall–Kier alpha value is -4.71. The zero-order valence-electron chi connectivity index (χ0n) is 18.4. The summed E-state index contributed by atoms with van der Waals surface area (Å²) in [5.41, 5.74) is 2.90. The summed E-state index contributed by atoms with van der Waals surface area (Å²) in [6.45, 7) is 1.43. The predicted octanol–water partition coefficient (Wildman–Crippen LogP) is 5.19. The fourth-order valence-corrected chi connectivity index (χ4v) is 4.12. The Bertz CT molecular complexity index is 1450. The van der Waals surface area contributed by atoms with Crippen LogP contribution >= 0.6 is 0 Å².